The normalized spacial score (nSPS) is 11.9. The number of methoxy groups -OCH3 is 1. The lowest BCUT2D eigenvalue weighted by Gasteiger charge is -2.19. The number of nitro groups is 1. The van der Waals surface area contributed by atoms with E-state index in [2.05, 4.69) is 26.0 Å². The van der Waals surface area contributed by atoms with E-state index in [1.54, 1.807) is 13.8 Å². The summed E-state index contributed by atoms with van der Waals surface area (Å²) in [5.74, 6) is -1.32. The summed E-state index contributed by atoms with van der Waals surface area (Å²) in [6, 6.07) is 3.06. The molecule has 0 heterocycles. The predicted molar refractivity (Wildman–Crippen MR) is 78.9 cm³/mol. The van der Waals surface area contributed by atoms with E-state index in [-0.39, 0.29) is 17.2 Å². The number of carbonyl (C=O) groups excluding carboxylic acids is 2. The van der Waals surface area contributed by atoms with E-state index in [1.807, 2.05) is 0 Å². The fourth-order valence-electron chi connectivity index (χ4n) is 1.66. The molecule has 1 amide bonds. The molecule has 0 aliphatic rings. The Hall–Kier alpha value is -1.96. The summed E-state index contributed by atoms with van der Waals surface area (Å²) in [6.45, 7) is 3.51. The highest BCUT2D eigenvalue weighted by Crippen LogP contribution is 2.21. The van der Waals surface area contributed by atoms with Crippen LogP contribution in [-0.2, 0) is 9.53 Å². The van der Waals surface area contributed by atoms with Crippen molar-refractivity contribution in [2.75, 3.05) is 7.11 Å². The average Bonchev–Trinajstić information content (AvgIpc) is 2.42. The second kappa shape index (κ2) is 7.16. The molecule has 0 bridgehead atoms. The van der Waals surface area contributed by atoms with E-state index in [1.165, 1.54) is 19.2 Å². The Morgan fingerprint density at radius 1 is 1.33 bits per heavy atom. The fraction of sp³-hybridized carbons (Fsp3) is 0.385. The van der Waals surface area contributed by atoms with Gasteiger partial charge in [-0.15, -0.1) is 0 Å². The quantitative estimate of drug-likeness (QED) is 0.494. The largest absolute Gasteiger partial charge is 0.467 e. The van der Waals surface area contributed by atoms with Crippen LogP contribution in [-0.4, -0.2) is 30.0 Å². The third-order valence-electron chi connectivity index (χ3n) is 2.76. The van der Waals surface area contributed by atoms with Gasteiger partial charge < -0.3 is 10.1 Å². The molecular weight excluding hydrogens is 344 g/mol. The van der Waals surface area contributed by atoms with E-state index in [0.717, 1.165) is 6.07 Å². The molecule has 1 rings (SSSR count). The molecular formula is C13H15BrN2O5. The maximum absolute atomic E-state index is 12.1. The second-order valence-corrected chi connectivity index (χ2v) is 5.59. The van der Waals surface area contributed by atoms with Gasteiger partial charge in [0.15, 0.2) is 0 Å². The average molecular weight is 359 g/mol. The van der Waals surface area contributed by atoms with E-state index < -0.39 is 22.8 Å². The number of ether oxygens (including phenoxy) is 1. The number of non-ortho nitro benzene ring substituents is 1. The summed E-state index contributed by atoms with van der Waals surface area (Å²) in [6.07, 6.45) is 0. The van der Waals surface area contributed by atoms with Crippen LogP contribution in [0.1, 0.15) is 24.2 Å². The van der Waals surface area contributed by atoms with Gasteiger partial charge in [-0.2, -0.15) is 0 Å². The van der Waals surface area contributed by atoms with Gasteiger partial charge >= 0.3 is 5.97 Å². The third-order valence-corrected chi connectivity index (χ3v) is 3.22. The highest BCUT2D eigenvalue weighted by molar-refractivity contribution is 9.10. The lowest BCUT2D eigenvalue weighted by Crippen LogP contribution is -2.45. The Balaban J connectivity index is 3.03. The van der Waals surface area contributed by atoms with E-state index in [9.17, 15) is 19.7 Å². The van der Waals surface area contributed by atoms with Crippen molar-refractivity contribution < 1.29 is 19.2 Å². The number of halogens is 1. The van der Waals surface area contributed by atoms with Crippen molar-refractivity contribution in [1.29, 1.82) is 0 Å². The van der Waals surface area contributed by atoms with Crippen LogP contribution < -0.4 is 5.32 Å². The molecule has 0 aromatic heterocycles. The molecule has 0 spiro atoms. The molecule has 1 aromatic carbocycles. The number of rotatable bonds is 5. The SMILES string of the molecule is COC(=O)C(NC(=O)c1cc(Br)cc([N+](=O)[O-])c1)C(C)C. The summed E-state index contributed by atoms with van der Waals surface area (Å²) in [7, 11) is 1.23. The first-order valence-corrected chi connectivity index (χ1v) is 6.89. The van der Waals surface area contributed by atoms with Gasteiger partial charge in [0.2, 0.25) is 0 Å². The first-order chi connectivity index (χ1) is 9.76. The van der Waals surface area contributed by atoms with Gasteiger partial charge in [0.1, 0.15) is 6.04 Å². The Bertz CT molecular complexity index is 574. The highest BCUT2D eigenvalue weighted by atomic mass is 79.9. The van der Waals surface area contributed by atoms with Crippen LogP contribution in [0.15, 0.2) is 22.7 Å². The zero-order chi connectivity index (χ0) is 16.2. The van der Waals surface area contributed by atoms with Crippen molar-refractivity contribution in [3.63, 3.8) is 0 Å². The minimum Gasteiger partial charge on any atom is -0.467 e. The molecule has 0 saturated heterocycles. The van der Waals surface area contributed by atoms with Gasteiger partial charge in [-0.1, -0.05) is 29.8 Å². The van der Waals surface area contributed by atoms with Gasteiger partial charge in [-0.05, 0) is 12.0 Å². The molecule has 0 aliphatic carbocycles. The van der Waals surface area contributed by atoms with Gasteiger partial charge in [0.25, 0.3) is 11.6 Å². The number of hydrogen-bond donors (Lipinski definition) is 1. The molecule has 8 heteroatoms. The molecule has 1 N–H and O–H groups in total. The maximum Gasteiger partial charge on any atom is 0.328 e. The van der Waals surface area contributed by atoms with Gasteiger partial charge in [0.05, 0.1) is 12.0 Å². The second-order valence-electron chi connectivity index (χ2n) is 4.67. The van der Waals surface area contributed by atoms with Gasteiger partial charge in [-0.3, -0.25) is 14.9 Å². The third kappa shape index (κ3) is 4.52. The van der Waals surface area contributed by atoms with Crippen LogP contribution in [0.2, 0.25) is 0 Å². The molecule has 1 aromatic rings. The molecule has 0 saturated carbocycles. The van der Waals surface area contributed by atoms with Crippen molar-refractivity contribution in [3.8, 4) is 0 Å². The Kier molecular flexibility index (Phi) is 5.83. The number of carbonyl (C=O) groups is 2. The highest BCUT2D eigenvalue weighted by Gasteiger charge is 2.26. The van der Waals surface area contributed by atoms with Crippen molar-refractivity contribution >= 4 is 33.5 Å². The van der Waals surface area contributed by atoms with Crippen molar-refractivity contribution in [1.82, 2.24) is 5.32 Å². The van der Waals surface area contributed by atoms with E-state index in [4.69, 9.17) is 0 Å². The lowest BCUT2D eigenvalue weighted by atomic mass is 10.0. The predicted octanol–water partition coefficient (Wildman–Crippen LogP) is 2.28. The Labute approximate surface area is 129 Å². The summed E-state index contributed by atoms with van der Waals surface area (Å²) in [4.78, 5) is 33.9. The van der Waals surface area contributed by atoms with E-state index in [0.29, 0.717) is 4.47 Å². The number of nitrogens with one attached hydrogen (secondary N) is 1. The standard InChI is InChI=1S/C13H15BrN2O5/c1-7(2)11(13(18)21-3)15-12(17)8-4-9(14)6-10(5-8)16(19)20/h4-7,11H,1-3H3,(H,15,17). The molecule has 7 nitrogen and oxygen atoms in total. The molecule has 1 atom stereocenters. The van der Waals surface area contributed by atoms with Crippen LogP contribution in [0.4, 0.5) is 5.69 Å². The van der Waals surface area contributed by atoms with Crippen LogP contribution in [0, 0.1) is 16.0 Å². The van der Waals surface area contributed by atoms with Crippen LogP contribution >= 0.6 is 15.9 Å². The molecule has 1 unspecified atom stereocenters. The molecule has 0 aliphatic heterocycles. The van der Waals surface area contributed by atoms with Crippen LogP contribution in [0.3, 0.4) is 0 Å². The minimum atomic E-state index is -0.819. The number of nitro benzene ring substituents is 1. The van der Waals surface area contributed by atoms with Crippen LogP contribution in [0.5, 0.6) is 0 Å². The zero-order valence-electron chi connectivity index (χ0n) is 11.8. The number of esters is 1. The fourth-order valence-corrected chi connectivity index (χ4v) is 2.14. The van der Waals surface area contributed by atoms with Crippen molar-refractivity contribution in [3.05, 3.63) is 38.3 Å². The topological polar surface area (TPSA) is 98.5 Å². The van der Waals surface area contributed by atoms with Crippen molar-refractivity contribution in [2.45, 2.75) is 19.9 Å². The number of hydrogen-bond acceptors (Lipinski definition) is 5. The lowest BCUT2D eigenvalue weighted by molar-refractivity contribution is -0.385. The minimum absolute atomic E-state index is 0.0885. The molecule has 0 fully saturated rings. The Morgan fingerprint density at radius 2 is 1.95 bits per heavy atom. The summed E-state index contributed by atoms with van der Waals surface area (Å²) >= 11 is 3.11. The van der Waals surface area contributed by atoms with Crippen LogP contribution in [0.25, 0.3) is 0 Å². The Morgan fingerprint density at radius 3 is 2.43 bits per heavy atom. The number of benzene rings is 1. The number of nitrogens with zero attached hydrogens (tertiary/aromatic N) is 1. The molecule has 114 valence electrons. The maximum atomic E-state index is 12.1. The van der Waals surface area contributed by atoms with Crippen molar-refractivity contribution in [2.24, 2.45) is 5.92 Å². The summed E-state index contributed by atoms with van der Waals surface area (Å²) in [5, 5.41) is 13.3. The molecule has 21 heavy (non-hydrogen) atoms. The smallest absolute Gasteiger partial charge is 0.328 e. The zero-order valence-corrected chi connectivity index (χ0v) is 13.3. The summed E-state index contributed by atoms with van der Waals surface area (Å²) < 4.78 is 5.03. The van der Waals surface area contributed by atoms with E-state index >= 15 is 0 Å². The first kappa shape index (κ1) is 17.1. The number of amides is 1. The van der Waals surface area contributed by atoms with Gasteiger partial charge in [-0.25, -0.2) is 4.79 Å². The first-order valence-electron chi connectivity index (χ1n) is 6.10. The van der Waals surface area contributed by atoms with Gasteiger partial charge in [0, 0.05) is 22.2 Å². The molecule has 0 radical (unpaired) electrons. The monoisotopic (exact) mass is 358 g/mol. The summed E-state index contributed by atoms with van der Waals surface area (Å²) in [5.41, 5.74) is -0.126.